The molecule has 1 unspecified atom stereocenters. The smallest absolute Gasteiger partial charge is 0.232 e. The fourth-order valence-corrected chi connectivity index (χ4v) is 5.55. The highest BCUT2D eigenvalue weighted by atomic mass is 15.4. The molecule has 0 saturated carbocycles. The van der Waals surface area contributed by atoms with Crippen molar-refractivity contribution < 1.29 is 0 Å². The predicted octanol–water partition coefficient (Wildman–Crippen LogP) is 1.60. The highest BCUT2D eigenvalue weighted by Crippen LogP contribution is 2.25. The second-order valence-electron chi connectivity index (χ2n) is 12.2. The Labute approximate surface area is 291 Å². The lowest BCUT2D eigenvalue weighted by molar-refractivity contribution is 0.502. The molecule has 1 fully saturated rings. The van der Waals surface area contributed by atoms with E-state index in [9.17, 15) is 0 Å². The van der Waals surface area contributed by atoms with Crippen LogP contribution in [0.15, 0.2) is 30.3 Å². The van der Waals surface area contributed by atoms with Gasteiger partial charge in [0.2, 0.25) is 35.7 Å². The van der Waals surface area contributed by atoms with Crippen molar-refractivity contribution in [2.75, 3.05) is 103 Å². The molecule has 4 rings (SSSR count). The molecule has 0 spiro atoms. The lowest BCUT2D eigenvalue weighted by Crippen LogP contribution is -2.55. The number of piperazine rings is 1. The number of rotatable bonds is 24. The summed E-state index contributed by atoms with van der Waals surface area (Å²) in [5, 5.41) is 13.5. The zero-order valence-electron chi connectivity index (χ0n) is 29.0. The Morgan fingerprint density at radius 3 is 1.39 bits per heavy atom. The zero-order valence-corrected chi connectivity index (χ0v) is 29.0. The minimum Gasteiger partial charge on any atom is -0.354 e. The maximum absolute atomic E-state index is 5.72. The van der Waals surface area contributed by atoms with Gasteiger partial charge in [0.15, 0.2) is 0 Å². The van der Waals surface area contributed by atoms with Crippen LogP contribution in [0.25, 0.3) is 0 Å². The van der Waals surface area contributed by atoms with E-state index in [1.807, 2.05) is 6.07 Å². The Morgan fingerprint density at radius 1 is 0.531 bits per heavy atom. The van der Waals surface area contributed by atoms with Gasteiger partial charge in [-0.2, -0.15) is 29.9 Å². The molecule has 1 aliphatic rings. The summed E-state index contributed by atoms with van der Waals surface area (Å²) in [4.78, 5) is 33.5. The van der Waals surface area contributed by atoms with Crippen LogP contribution in [0.2, 0.25) is 0 Å². The van der Waals surface area contributed by atoms with Crippen LogP contribution in [0, 0.1) is 0 Å². The topological polar surface area (TPSA) is 236 Å². The molecule has 1 aliphatic heterocycles. The second-order valence-corrected chi connectivity index (χ2v) is 12.2. The predicted molar refractivity (Wildman–Crippen MR) is 200 cm³/mol. The summed E-state index contributed by atoms with van der Waals surface area (Å²) in [5.41, 5.74) is 24.1. The summed E-state index contributed by atoms with van der Waals surface area (Å²) in [6.45, 7) is 7.59. The van der Waals surface area contributed by atoms with Gasteiger partial charge in [-0.1, -0.05) is 30.3 Å². The van der Waals surface area contributed by atoms with Gasteiger partial charge in [0.25, 0.3) is 0 Å². The summed E-state index contributed by atoms with van der Waals surface area (Å²) in [7, 11) is 0. The first-order valence-corrected chi connectivity index (χ1v) is 18.0. The molecule has 1 aromatic carbocycles. The number of anilines is 6. The van der Waals surface area contributed by atoms with Gasteiger partial charge in [-0.3, -0.25) is 0 Å². The summed E-state index contributed by atoms with van der Waals surface area (Å²) >= 11 is 0. The molecule has 2 aromatic heterocycles. The number of nitrogens with one attached hydrogen (secondary N) is 4. The van der Waals surface area contributed by atoms with E-state index in [4.69, 9.17) is 42.9 Å². The fraction of sp³-hybridized carbons (Fsp3) is 0.636. The van der Waals surface area contributed by atoms with Crippen LogP contribution in [0.1, 0.15) is 56.9 Å². The van der Waals surface area contributed by atoms with Gasteiger partial charge in [-0.15, -0.1) is 0 Å². The number of nitrogens with zero attached hydrogens (tertiary/aromatic N) is 8. The largest absolute Gasteiger partial charge is 0.354 e. The van der Waals surface area contributed by atoms with Crippen molar-refractivity contribution in [3.8, 4) is 0 Å². The first-order chi connectivity index (χ1) is 24.1. The molecule has 0 amide bonds. The highest BCUT2D eigenvalue weighted by Gasteiger charge is 2.31. The lowest BCUT2D eigenvalue weighted by Gasteiger charge is -2.41. The van der Waals surface area contributed by atoms with E-state index in [1.54, 1.807) is 0 Å². The Balaban J connectivity index is 1.60. The third-order valence-corrected chi connectivity index (χ3v) is 8.24. The second kappa shape index (κ2) is 21.8. The monoisotopic (exact) mass is 679 g/mol. The standard InChI is InChI=1S/C33H58N16/c34-14-4-8-18-38-28-42-29(39-19-9-5-15-35)45-32(44-28)48-22-23-49(27(25-48)24-26-12-2-1-3-13-26)33-46-30(40-20-10-6-16-36)43-31(47-33)41-21-11-7-17-37/h1-3,12-13,27H,4-11,14-25,34-37H2,(H2,38,39,42,44,45)(H2,40,41,43,46,47). The van der Waals surface area contributed by atoms with Crippen LogP contribution >= 0.6 is 0 Å². The van der Waals surface area contributed by atoms with E-state index in [1.165, 1.54) is 5.56 Å². The number of nitrogens with two attached hydrogens (primary N) is 4. The van der Waals surface area contributed by atoms with E-state index >= 15 is 0 Å². The van der Waals surface area contributed by atoms with Gasteiger partial charge in [0.05, 0.1) is 6.04 Å². The maximum Gasteiger partial charge on any atom is 0.232 e. The summed E-state index contributed by atoms with van der Waals surface area (Å²) in [6.07, 6.45) is 8.28. The molecule has 270 valence electrons. The van der Waals surface area contributed by atoms with Crippen LogP contribution < -0.4 is 54.0 Å². The van der Waals surface area contributed by atoms with Crippen molar-refractivity contribution in [3.63, 3.8) is 0 Å². The van der Waals surface area contributed by atoms with Crippen molar-refractivity contribution in [1.29, 1.82) is 0 Å². The SMILES string of the molecule is NCCCCNc1nc(NCCCCN)nc(N2CCN(c3nc(NCCCCN)nc(NCCCCN)n3)C(Cc3ccccc3)C2)n1. The van der Waals surface area contributed by atoms with Gasteiger partial charge in [0, 0.05) is 45.8 Å². The summed E-state index contributed by atoms with van der Waals surface area (Å²) in [6, 6.07) is 10.6. The van der Waals surface area contributed by atoms with Gasteiger partial charge >= 0.3 is 0 Å². The highest BCUT2D eigenvalue weighted by molar-refractivity contribution is 5.49. The molecule has 3 heterocycles. The van der Waals surface area contributed by atoms with Gasteiger partial charge < -0.3 is 54.0 Å². The third-order valence-electron chi connectivity index (χ3n) is 8.24. The van der Waals surface area contributed by atoms with Crippen molar-refractivity contribution in [2.45, 2.75) is 63.8 Å². The summed E-state index contributed by atoms with van der Waals surface area (Å²) < 4.78 is 0. The molecule has 1 atom stereocenters. The lowest BCUT2D eigenvalue weighted by atomic mass is 10.0. The van der Waals surface area contributed by atoms with E-state index in [0.29, 0.717) is 81.5 Å². The minimum atomic E-state index is 0.0347. The molecular weight excluding hydrogens is 620 g/mol. The third kappa shape index (κ3) is 13.0. The van der Waals surface area contributed by atoms with Crippen LogP contribution in [0.3, 0.4) is 0 Å². The Morgan fingerprint density at radius 2 is 0.959 bits per heavy atom. The number of hydrogen-bond donors (Lipinski definition) is 8. The fourth-order valence-electron chi connectivity index (χ4n) is 5.55. The normalized spacial score (nSPS) is 14.6. The maximum atomic E-state index is 5.72. The van der Waals surface area contributed by atoms with Crippen LogP contribution in [-0.4, -0.2) is 108 Å². The van der Waals surface area contributed by atoms with Crippen LogP contribution in [0.4, 0.5) is 35.7 Å². The first kappa shape index (κ1) is 37.7. The van der Waals surface area contributed by atoms with Crippen LogP contribution in [-0.2, 0) is 6.42 Å². The average Bonchev–Trinajstić information content (AvgIpc) is 3.12. The van der Waals surface area contributed by atoms with Crippen molar-refractivity contribution in [2.24, 2.45) is 22.9 Å². The number of benzene rings is 1. The average molecular weight is 679 g/mol. The molecule has 1 saturated heterocycles. The van der Waals surface area contributed by atoms with Gasteiger partial charge in [-0.25, -0.2) is 0 Å². The van der Waals surface area contributed by atoms with Crippen molar-refractivity contribution in [3.05, 3.63) is 35.9 Å². The molecule has 3 aromatic rings. The minimum absolute atomic E-state index is 0.0347. The molecule has 0 aliphatic carbocycles. The summed E-state index contributed by atoms with van der Waals surface area (Å²) in [5.74, 6) is 3.49. The molecule has 49 heavy (non-hydrogen) atoms. The Hall–Kier alpha value is -4.12. The molecular formula is C33H58N16. The van der Waals surface area contributed by atoms with Crippen molar-refractivity contribution >= 4 is 35.7 Å². The molecule has 0 radical (unpaired) electrons. The Bertz CT molecular complexity index is 1270. The van der Waals surface area contributed by atoms with Gasteiger partial charge in [0.1, 0.15) is 0 Å². The number of aromatic nitrogens is 6. The quantitative estimate of drug-likeness (QED) is 0.0628. The Kier molecular flexibility index (Phi) is 16.7. The molecule has 16 heteroatoms. The first-order valence-electron chi connectivity index (χ1n) is 18.0. The number of hydrogen-bond acceptors (Lipinski definition) is 16. The van der Waals surface area contributed by atoms with Crippen LogP contribution in [0.5, 0.6) is 0 Å². The molecule has 12 N–H and O–H groups in total. The van der Waals surface area contributed by atoms with Crippen molar-refractivity contribution in [1.82, 2.24) is 29.9 Å². The van der Waals surface area contributed by atoms with E-state index in [0.717, 1.165) is 84.0 Å². The molecule has 0 bridgehead atoms. The van der Waals surface area contributed by atoms with E-state index in [-0.39, 0.29) is 6.04 Å². The van der Waals surface area contributed by atoms with E-state index in [2.05, 4.69) is 65.3 Å². The number of unbranched alkanes of at least 4 members (excludes halogenated alkanes) is 4. The zero-order chi connectivity index (χ0) is 34.5. The van der Waals surface area contributed by atoms with Gasteiger partial charge in [-0.05, 0) is 89.5 Å². The molecule has 16 nitrogen and oxygen atoms in total. The van der Waals surface area contributed by atoms with E-state index < -0.39 is 0 Å².